The van der Waals surface area contributed by atoms with E-state index >= 15 is 0 Å². The van der Waals surface area contributed by atoms with Gasteiger partial charge in [-0.05, 0) is 30.5 Å². The Morgan fingerprint density at radius 1 is 1.45 bits per heavy atom. The van der Waals surface area contributed by atoms with E-state index in [1.165, 1.54) is 0 Å². The van der Waals surface area contributed by atoms with Crippen molar-refractivity contribution < 1.29 is 14.7 Å². The summed E-state index contributed by atoms with van der Waals surface area (Å²) in [4.78, 5) is 23.0. The van der Waals surface area contributed by atoms with Crippen molar-refractivity contribution in [3.63, 3.8) is 0 Å². The predicted molar refractivity (Wildman–Crippen MR) is 74.0 cm³/mol. The van der Waals surface area contributed by atoms with Crippen molar-refractivity contribution in [1.82, 2.24) is 10.6 Å². The first kappa shape index (κ1) is 14.3. The van der Waals surface area contributed by atoms with Crippen LogP contribution in [0.4, 0.5) is 0 Å². The van der Waals surface area contributed by atoms with Gasteiger partial charge in [0.05, 0.1) is 6.04 Å². The summed E-state index contributed by atoms with van der Waals surface area (Å²) in [6.45, 7) is 0.455. The Morgan fingerprint density at radius 3 is 2.75 bits per heavy atom. The molecule has 5 N–H and O–H groups in total. The summed E-state index contributed by atoms with van der Waals surface area (Å²) in [6.07, 6.45) is 1.48. The van der Waals surface area contributed by atoms with Crippen LogP contribution in [0.3, 0.4) is 0 Å². The number of amides is 2. The molecule has 2 atom stereocenters. The minimum absolute atomic E-state index is 0.0175. The first-order valence-corrected chi connectivity index (χ1v) is 6.65. The van der Waals surface area contributed by atoms with Crippen molar-refractivity contribution in [1.29, 1.82) is 0 Å². The number of benzene rings is 1. The summed E-state index contributed by atoms with van der Waals surface area (Å²) in [5.74, 6) is -0.0205. The lowest BCUT2D eigenvalue weighted by Crippen LogP contribution is -2.52. The number of carbonyl (C=O) groups is 2. The maximum absolute atomic E-state index is 12.0. The largest absolute Gasteiger partial charge is 0.508 e. The standard InChI is InChI=1S/C14H19N3O3/c15-12(7-9-1-4-11(18)5-2-9)14(20)17-10-3-6-13(19)16-8-10/h1-2,4-5,10,12,18H,3,6-8,15H2,(H,16,19)(H,17,20)/t10?,12-/m0/s1. The highest BCUT2D eigenvalue weighted by Crippen LogP contribution is 2.11. The third-order valence-electron chi connectivity index (χ3n) is 3.34. The number of hydrogen-bond acceptors (Lipinski definition) is 4. The normalized spacial score (nSPS) is 20.1. The number of hydrogen-bond donors (Lipinski definition) is 4. The van der Waals surface area contributed by atoms with E-state index in [1.54, 1.807) is 24.3 Å². The smallest absolute Gasteiger partial charge is 0.237 e. The van der Waals surface area contributed by atoms with Gasteiger partial charge in [0.25, 0.3) is 0 Å². The molecule has 1 heterocycles. The van der Waals surface area contributed by atoms with Crippen LogP contribution in [0, 0.1) is 0 Å². The highest BCUT2D eigenvalue weighted by Gasteiger charge is 2.22. The number of aromatic hydroxyl groups is 1. The van der Waals surface area contributed by atoms with Gasteiger partial charge in [0.2, 0.25) is 11.8 Å². The van der Waals surface area contributed by atoms with Crippen LogP contribution in [0.25, 0.3) is 0 Å². The number of phenols is 1. The van der Waals surface area contributed by atoms with Crippen LogP contribution in [-0.2, 0) is 16.0 Å². The number of nitrogens with one attached hydrogen (secondary N) is 2. The van der Waals surface area contributed by atoms with Crippen LogP contribution in [0.2, 0.25) is 0 Å². The Morgan fingerprint density at radius 2 is 2.15 bits per heavy atom. The number of carbonyl (C=O) groups excluding carboxylic acids is 2. The Bertz CT molecular complexity index is 477. The van der Waals surface area contributed by atoms with Gasteiger partial charge in [-0.3, -0.25) is 9.59 Å². The molecule has 2 amide bonds. The topological polar surface area (TPSA) is 104 Å². The molecule has 0 saturated carbocycles. The van der Waals surface area contributed by atoms with Crippen molar-refractivity contribution in [3.8, 4) is 5.75 Å². The summed E-state index contributed by atoms with van der Waals surface area (Å²) in [5, 5.41) is 14.7. The van der Waals surface area contributed by atoms with E-state index in [4.69, 9.17) is 5.73 Å². The van der Waals surface area contributed by atoms with Crippen LogP contribution in [-0.4, -0.2) is 35.5 Å². The van der Waals surface area contributed by atoms with Crippen LogP contribution in [0.5, 0.6) is 5.75 Å². The van der Waals surface area contributed by atoms with E-state index in [0.717, 1.165) is 5.56 Å². The molecule has 0 spiro atoms. The summed E-state index contributed by atoms with van der Waals surface area (Å²) in [7, 11) is 0. The molecule has 1 unspecified atom stereocenters. The average molecular weight is 277 g/mol. The van der Waals surface area contributed by atoms with E-state index in [0.29, 0.717) is 25.8 Å². The fraction of sp³-hybridized carbons (Fsp3) is 0.429. The van der Waals surface area contributed by atoms with Crippen LogP contribution in [0.15, 0.2) is 24.3 Å². The Labute approximate surface area is 117 Å². The first-order valence-electron chi connectivity index (χ1n) is 6.65. The fourth-order valence-electron chi connectivity index (χ4n) is 2.14. The molecule has 0 radical (unpaired) electrons. The second-order valence-electron chi connectivity index (χ2n) is 5.03. The minimum atomic E-state index is -0.642. The lowest BCUT2D eigenvalue weighted by Gasteiger charge is -2.25. The van der Waals surface area contributed by atoms with Gasteiger partial charge in [-0.1, -0.05) is 12.1 Å². The van der Waals surface area contributed by atoms with Gasteiger partial charge >= 0.3 is 0 Å². The lowest BCUT2D eigenvalue weighted by molar-refractivity contribution is -0.126. The molecule has 6 heteroatoms. The highest BCUT2D eigenvalue weighted by molar-refractivity contribution is 5.83. The molecule has 108 valence electrons. The average Bonchev–Trinajstić information content (AvgIpc) is 2.44. The van der Waals surface area contributed by atoms with Gasteiger partial charge in [-0.2, -0.15) is 0 Å². The van der Waals surface area contributed by atoms with E-state index in [-0.39, 0.29) is 23.6 Å². The SMILES string of the molecule is N[C@@H](Cc1ccc(O)cc1)C(=O)NC1CCC(=O)NC1. The summed E-state index contributed by atoms with van der Waals surface area (Å²) < 4.78 is 0. The van der Waals surface area contributed by atoms with Crippen molar-refractivity contribution in [2.24, 2.45) is 5.73 Å². The molecular formula is C14H19N3O3. The Balaban J connectivity index is 1.82. The number of rotatable bonds is 4. The van der Waals surface area contributed by atoms with Gasteiger partial charge in [0.1, 0.15) is 5.75 Å². The number of nitrogens with two attached hydrogens (primary N) is 1. The maximum atomic E-state index is 12.0. The Kier molecular flexibility index (Phi) is 4.57. The van der Waals surface area contributed by atoms with E-state index < -0.39 is 6.04 Å². The van der Waals surface area contributed by atoms with Crippen molar-refractivity contribution >= 4 is 11.8 Å². The first-order chi connectivity index (χ1) is 9.54. The van der Waals surface area contributed by atoms with Gasteiger partial charge in [-0.25, -0.2) is 0 Å². The zero-order chi connectivity index (χ0) is 14.5. The molecule has 1 saturated heterocycles. The van der Waals surface area contributed by atoms with E-state index in [2.05, 4.69) is 10.6 Å². The van der Waals surface area contributed by atoms with E-state index in [9.17, 15) is 14.7 Å². The van der Waals surface area contributed by atoms with Crippen LogP contribution >= 0.6 is 0 Å². The van der Waals surface area contributed by atoms with E-state index in [1.807, 2.05) is 0 Å². The molecule has 6 nitrogen and oxygen atoms in total. The molecule has 1 aromatic carbocycles. The molecule has 1 fully saturated rings. The van der Waals surface area contributed by atoms with Gasteiger partial charge in [0.15, 0.2) is 0 Å². The molecule has 0 bridgehead atoms. The molecule has 1 aromatic rings. The molecule has 0 aromatic heterocycles. The molecule has 2 rings (SSSR count). The van der Waals surface area contributed by atoms with Gasteiger partial charge in [0, 0.05) is 19.0 Å². The number of phenolic OH excluding ortho intramolecular Hbond substituents is 1. The monoisotopic (exact) mass is 277 g/mol. The predicted octanol–water partition coefficient (Wildman–Crippen LogP) is -0.343. The summed E-state index contributed by atoms with van der Waals surface area (Å²) >= 11 is 0. The fourth-order valence-corrected chi connectivity index (χ4v) is 2.14. The third kappa shape index (κ3) is 3.96. The number of piperidine rings is 1. The van der Waals surface area contributed by atoms with Crippen LogP contribution in [0.1, 0.15) is 18.4 Å². The molecule has 1 aliphatic heterocycles. The molecule has 20 heavy (non-hydrogen) atoms. The second kappa shape index (κ2) is 6.38. The zero-order valence-corrected chi connectivity index (χ0v) is 11.1. The molecule has 1 aliphatic rings. The molecule has 0 aliphatic carbocycles. The highest BCUT2D eigenvalue weighted by atomic mass is 16.3. The van der Waals surface area contributed by atoms with Gasteiger partial charge < -0.3 is 21.5 Å². The third-order valence-corrected chi connectivity index (χ3v) is 3.34. The quantitative estimate of drug-likeness (QED) is 0.604. The minimum Gasteiger partial charge on any atom is -0.508 e. The summed E-state index contributed by atoms with van der Waals surface area (Å²) in [6, 6.07) is 5.92. The lowest BCUT2D eigenvalue weighted by atomic mass is 10.0. The zero-order valence-electron chi connectivity index (χ0n) is 11.1. The second-order valence-corrected chi connectivity index (χ2v) is 5.03. The van der Waals surface area contributed by atoms with Crippen molar-refractivity contribution in [2.45, 2.75) is 31.3 Å². The Hall–Kier alpha value is -2.08. The van der Waals surface area contributed by atoms with Crippen molar-refractivity contribution in [2.75, 3.05) is 6.54 Å². The molecular weight excluding hydrogens is 258 g/mol. The summed E-state index contributed by atoms with van der Waals surface area (Å²) in [5.41, 5.74) is 6.76. The maximum Gasteiger partial charge on any atom is 0.237 e. The van der Waals surface area contributed by atoms with Gasteiger partial charge in [-0.15, -0.1) is 0 Å². The van der Waals surface area contributed by atoms with Crippen LogP contribution < -0.4 is 16.4 Å². The van der Waals surface area contributed by atoms with Crippen molar-refractivity contribution in [3.05, 3.63) is 29.8 Å².